The molecule has 0 aromatic heterocycles. The Bertz CT molecular complexity index is 1480. The monoisotopic (exact) mass is 710 g/mol. The molecule has 4 rings (SSSR count). The van der Waals surface area contributed by atoms with E-state index in [1.807, 2.05) is 20.8 Å². The summed E-state index contributed by atoms with van der Waals surface area (Å²) >= 11 is 0. The summed E-state index contributed by atoms with van der Waals surface area (Å²) in [5.41, 5.74) is -4.40. The van der Waals surface area contributed by atoms with E-state index in [0.717, 1.165) is 25.7 Å². The van der Waals surface area contributed by atoms with E-state index in [4.69, 9.17) is 14.2 Å². The number of hydrogen-bond donors (Lipinski definition) is 2. The molecule has 0 radical (unpaired) electrons. The molecule has 0 aliphatic heterocycles. The summed E-state index contributed by atoms with van der Waals surface area (Å²) in [6.07, 6.45) is 14.1. The maximum Gasteiger partial charge on any atom is 0.334 e. The molecule has 284 valence electrons. The van der Waals surface area contributed by atoms with Crippen LogP contribution in [0.3, 0.4) is 0 Å². The van der Waals surface area contributed by atoms with Crippen LogP contribution in [0.25, 0.3) is 0 Å². The van der Waals surface area contributed by atoms with Crippen LogP contribution in [0.15, 0.2) is 46.6 Å². The molecular weight excluding hydrogens is 648 g/mol. The molecule has 0 unspecified atom stereocenters. The van der Waals surface area contributed by atoms with Crippen molar-refractivity contribution in [2.24, 2.45) is 28.6 Å². The highest BCUT2D eigenvalue weighted by Gasteiger charge is 2.83. The predicted molar refractivity (Wildman–Crippen MR) is 195 cm³/mol. The molecule has 0 aromatic rings. The Hall–Kier alpha value is -3.04. The van der Waals surface area contributed by atoms with E-state index >= 15 is 4.79 Å². The van der Waals surface area contributed by atoms with Gasteiger partial charge in [-0.1, -0.05) is 103 Å². The third kappa shape index (κ3) is 7.06. The number of carbonyl (C=O) groups excluding carboxylic acids is 4. The maximum atomic E-state index is 15.2. The molecule has 9 nitrogen and oxygen atoms in total. The molecule has 1 spiro atoms. The molecule has 9 heteroatoms. The molecule has 51 heavy (non-hydrogen) atoms. The summed E-state index contributed by atoms with van der Waals surface area (Å²) in [6, 6.07) is 0. The van der Waals surface area contributed by atoms with E-state index < -0.39 is 70.5 Å². The summed E-state index contributed by atoms with van der Waals surface area (Å²) in [7, 11) is 0. The van der Waals surface area contributed by atoms with E-state index in [0.29, 0.717) is 16.7 Å². The number of fused-ring (bicyclic) bond motifs is 3. The first-order valence-corrected chi connectivity index (χ1v) is 19.2. The van der Waals surface area contributed by atoms with Gasteiger partial charge in [0.2, 0.25) is 0 Å². The number of carbonyl (C=O) groups is 4. The summed E-state index contributed by atoms with van der Waals surface area (Å²) < 4.78 is 18.0. The number of unbranched alkanes of at least 4 members (excludes halogenated alkanes) is 8. The Morgan fingerprint density at radius 2 is 1.51 bits per heavy atom. The number of hydrogen-bond acceptors (Lipinski definition) is 9. The third-order valence-electron chi connectivity index (χ3n) is 12.7. The third-order valence-corrected chi connectivity index (χ3v) is 12.7. The molecule has 4 aliphatic carbocycles. The van der Waals surface area contributed by atoms with E-state index in [9.17, 15) is 24.6 Å². The summed E-state index contributed by atoms with van der Waals surface area (Å²) in [6.45, 7) is 15.9. The van der Waals surface area contributed by atoms with E-state index in [1.54, 1.807) is 58.9 Å². The van der Waals surface area contributed by atoms with Crippen molar-refractivity contribution >= 4 is 23.7 Å². The largest absolute Gasteiger partial charge is 0.458 e. The molecular formula is C42H62O9. The van der Waals surface area contributed by atoms with Crippen molar-refractivity contribution in [2.45, 2.75) is 156 Å². The minimum absolute atomic E-state index is 0.133. The molecule has 2 bridgehead atoms. The zero-order valence-corrected chi connectivity index (χ0v) is 32.4. The Kier molecular flexibility index (Phi) is 12.7. The Morgan fingerprint density at radius 3 is 2.10 bits per heavy atom. The van der Waals surface area contributed by atoms with Gasteiger partial charge in [-0.05, 0) is 64.5 Å². The van der Waals surface area contributed by atoms with E-state index in [-0.39, 0.29) is 30.2 Å². The van der Waals surface area contributed by atoms with Crippen LogP contribution in [0.5, 0.6) is 0 Å². The number of esters is 3. The first kappa shape index (κ1) is 40.7. The highest BCUT2D eigenvalue weighted by Crippen LogP contribution is 2.75. The van der Waals surface area contributed by atoms with Crippen molar-refractivity contribution < 1.29 is 43.6 Å². The predicted octanol–water partition coefficient (Wildman–Crippen LogP) is 7.44. The van der Waals surface area contributed by atoms with Crippen LogP contribution >= 0.6 is 0 Å². The van der Waals surface area contributed by atoms with Gasteiger partial charge in [0.1, 0.15) is 18.3 Å². The first-order chi connectivity index (χ1) is 24.0. The second-order valence-corrected chi connectivity index (χ2v) is 16.2. The number of ether oxygens (including phenoxy) is 3. The Morgan fingerprint density at radius 1 is 0.941 bits per heavy atom. The lowest BCUT2D eigenvalue weighted by atomic mass is 9.59. The van der Waals surface area contributed by atoms with Crippen molar-refractivity contribution in [3.8, 4) is 0 Å². The topological polar surface area (TPSA) is 136 Å². The van der Waals surface area contributed by atoms with Gasteiger partial charge in [-0.15, -0.1) is 0 Å². The highest BCUT2D eigenvalue weighted by atomic mass is 16.6. The van der Waals surface area contributed by atoms with Crippen LogP contribution < -0.4 is 0 Å². The van der Waals surface area contributed by atoms with Crippen molar-refractivity contribution in [3.63, 3.8) is 0 Å². The number of aliphatic hydroxyl groups excluding tert-OH is 1. The van der Waals surface area contributed by atoms with Gasteiger partial charge in [0, 0.05) is 34.8 Å². The first-order valence-electron chi connectivity index (χ1n) is 19.2. The van der Waals surface area contributed by atoms with Crippen molar-refractivity contribution in [1.82, 2.24) is 0 Å². The van der Waals surface area contributed by atoms with Crippen molar-refractivity contribution in [1.29, 1.82) is 0 Å². The van der Waals surface area contributed by atoms with Crippen LogP contribution in [-0.4, -0.2) is 63.9 Å². The van der Waals surface area contributed by atoms with Gasteiger partial charge in [0.15, 0.2) is 17.5 Å². The van der Waals surface area contributed by atoms with E-state index in [1.165, 1.54) is 32.1 Å². The quantitative estimate of drug-likeness (QED) is 0.0551. The van der Waals surface area contributed by atoms with Gasteiger partial charge in [-0.2, -0.15) is 0 Å². The normalized spacial score (nSPS) is 33.9. The standard InChI is InChI=1S/C42H62O9/c1-10-13-14-15-16-17-18-19-20-21-32(43)51-41-24-29(7)40-23-28(6)36(50-38(47)27(5)12-3)42(40,48)34(44)30(25-49-37(46)26(4)11-2)22-31(35(40)45)33(41)39(41,8)9/h11-12,22-23,29,31,33-34,36,44,48H,10,13-21,24-25H2,1-9H3/b26-11-,27-12-/t29-,31+,33-,34-,36+,40+,41+,42+/m1/s1. The smallest absolute Gasteiger partial charge is 0.334 e. The van der Waals surface area contributed by atoms with Gasteiger partial charge in [0.05, 0.1) is 5.41 Å². The molecule has 2 fully saturated rings. The summed E-state index contributed by atoms with van der Waals surface area (Å²) in [5, 5.41) is 25.2. The van der Waals surface area contributed by atoms with Crippen LogP contribution in [0.2, 0.25) is 0 Å². The fourth-order valence-corrected chi connectivity index (χ4v) is 9.41. The highest BCUT2D eigenvalue weighted by molar-refractivity contribution is 5.96. The molecule has 4 aliphatic rings. The molecule has 8 atom stereocenters. The molecule has 0 aromatic carbocycles. The lowest BCUT2D eigenvalue weighted by molar-refractivity contribution is -0.203. The molecule has 2 saturated carbocycles. The average Bonchev–Trinajstić information content (AvgIpc) is 3.49. The molecule has 0 amide bonds. The minimum atomic E-state index is -2.33. The fourth-order valence-electron chi connectivity index (χ4n) is 9.41. The zero-order chi connectivity index (χ0) is 37.9. The number of allylic oxidation sites excluding steroid dienone is 3. The summed E-state index contributed by atoms with van der Waals surface area (Å²) in [4.78, 5) is 54.6. The van der Waals surface area contributed by atoms with Gasteiger partial charge in [-0.25, -0.2) is 9.59 Å². The SMILES string of the molecule is C/C=C(/C)C(=O)OCC1=C[C@@H]2C(=O)[C@]3(C=C(C)[C@H](OC(=O)/C(C)=C\C)[C@@]3(O)[C@@H]1O)[C@H](C)C[C@]1(OC(=O)CCCCCCCCCCC)[C@H]2C1(C)C. The van der Waals surface area contributed by atoms with E-state index in [2.05, 4.69) is 6.92 Å². The van der Waals surface area contributed by atoms with Gasteiger partial charge in [0.25, 0.3) is 0 Å². The molecule has 0 saturated heterocycles. The van der Waals surface area contributed by atoms with Gasteiger partial charge < -0.3 is 24.4 Å². The maximum absolute atomic E-state index is 15.2. The lowest BCUT2D eigenvalue weighted by Gasteiger charge is -2.49. The number of ketones is 1. The second-order valence-electron chi connectivity index (χ2n) is 16.2. The number of Topliss-reactive ketones (excluding diaryl/α,β-unsaturated/α-hetero) is 1. The zero-order valence-electron chi connectivity index (χ0n) is 32.4. The van der Waals surface area contributed by atoms with Gasteiger partial charge in [-0.3, -0.25) is 9.59 Å². The van der Waals surface area contributed by atoms with Crippen LogP contribution in [0.4, 0.5) is 0 Å². The molecule has 0 heterocycles. The van der Waals surface area contributed by atoms with Crippen LogP contribution in [-0.2, 0) is 33.4 Å². The average molecular weight is 711 g/mol. The lowest BCUT2D eigenvalue weighted by Crippen LogP contribution is -2.66. The Labute approximate surface area is 304 Å². The second kappa shape index (κ2) is 15.9. The number of aliphatic hydroxyl groups is 2. The minimum Gasteiger partial charge on any atom is -0.458 e. The van der Waals surface area contributed by atoms with Crippen molar-refractivity contribution in [2.75, 3.05) is 6.61 Å². The van der Waals surface area contributed by atoms with Crippen LogP contribution in [0, 0.1) is 28.6 Å². The molecule has 2 N–H and O–H groups in total. The van der Waals surface area contributed by atoms with Gasteiger partial charge >= 0.3 is 17.9 Å². The Balaban J connectivity index is 1.68. The van der Waals surface area contributed by atoms with Crippen molar-refractivity contribution in [3.05, 3.63) is 46.6 Å². The number of rotatable bonds is 16. The summed E-state index contributed by atoms with van der Waals surface area (Å²) in [5.74, 6) is -3.91. The van der Waals surface area contributed by atoms with Crippen LogP contribution in [0.1, 0.15) is 133 Å². The fraction of sp³-hybridized carbons (Fsp3) is 0.714.